The van der Waals surface area contributed by atoms with Gasteiger partial charge in [0.15, 0.2) is 0 Å². The standard InChI is InChI=1S/C11H10BrN3OS/c12-6-2-7(10(13)14-4-6)8-1-5-3-15-11(16)9(5)17-8/h2,4,8H,1,3H2,(H2,13,14)(H,15,16). The summed E-state index contributed by atoms with van der Waals surface area (Å²) in [7, 11) is 0. The van der Waals surface area contributed by atoms with E-state index in [-0.39, 0.29) is 11.2 Å². The zero-order valence-corrected chi connectivity index (χ0v) is 11.3. The molecule has 0 aliphatic carbocycles. The molecule has 0 bridgehead atoms. The van der Waals surface area contributed by atoms with Gasteiger partial charge in [0.2, 0.25) is 0 Å². The van der Waals surface area contributed by atoms with Crippen molar-refractivity contribution < 1.29 is 4.79 Å². The zero-order chi connectivity index (χ0) is 12.0. The lowest BCUT2D eigenvalue weighted by Gasteiger charge is -2.14. The zero-order valence-electron chi connectivity index (χ0n) is 8.87. The van der Waals surface area contributed by atoms with E-state index in [9.17, 15) is 4.79 Å². The number of thioether (sulfide) groups is 1. The van der Waals surface area contributed by atoms with E-state index in [1.807, 2.05) is 6.07 Å². The minimum absolute atomic E-state index is 0.0500. The fourth-order valence-corrected chi connectivity index (χ4v) is 3.85. The van der Waals surface area contributed by atoms with Crippen molar-refractivity contribution in [1.29, 1.82) is 0 Å². The summed E-state index contributed by atoms with van der Waals surface area (Å²) in [6.45, 7) is 0.680. The number of halogens is 1. The summed E-state index contributed by atoms with van der Waals surface area (Å²) in [6.07, 6.45) is 2.56. The molecule has 1 atom stereocenters. The van der Waals surface area contributed by atoms with Crippen LogP contribution in [0.25, 0.3) is 0 Å². The minimum Gasteiger partial charge on any atom is -0.383 e. The molecule has 4 nitrogen and oxygen atoms in total. The van der Waals surface area contributed by atoms with Crippen LogP contribution in [0.3, 0.4) is 0 Å². The Balaban J connectivity index is 1.89. The fourth-order valence-electron chi connectivity index (χ4n) is 2.11. The van der Waals surface area contributed by atoms with Crippen LogP contribution >= 0.6 is 27.7 Å². The third-order valence-corrected chi connectivity index (χ3v) is 4.79. The van der Waals surface area contributed by atoms with Gasteiger partial charge in [-0.05, 0) is 34.0 Å². The van der Waals surface area contributed by atoms with Crippen LogP contribution in [0.4, 0.5) is 5.82 Å². The number of nitrogens with one attached hydrogen (secondary N) is 1. The van der Waals surface area contributed by atoms with Crippen molar-refractivity contribution in [2.24, 2.45) is 0 Å². The van der Waals surface area contributed by atoms with Gasteiger partial charge in [-0.2, -0.15) is 0 Å². The monoisotopic (exact) mass is 311 g/mol. The normalized spacial score (nSPS) is 22.9. The second-order valence-electron chi connectivity index (χ2n) is 4.05. The predicted octanol–water partition coefficient (Wildman–Crippen LogP) is 1.99. The Morgan fingerprint density at radius 2 is 2.41 bits per heavy atom. The number of nitrogen functional groups attached to an aromatic ring is 1. The summed E-state index contributed by atoms with van der Waals surface area (Å²) >= 11 is 4.99. The lowest BCUT2D eigenvalue weighted by molar-refractivity contribution is -0.116. The fraction of sp³-hybridized carbons (Fsp3) is 0.273. The second-order valence-corrected chi connectivity index (χ2v) is 6.18. The first-order chi connectivity index (χ1) is 8.15. The van der Waals surface area contributed by atoms with Crippen LogP contribution < -0.4 is 11.1 Å². The molecule has 2 aliphatic heterocycles. The van der Waals surface area contributed by atoms with Gasteiger partial charge in [0, 0.05) is 28.0 Å². The predicted molar refractivity (Wildman–Crippen MR) is 71.3 cm³/mol. The summed E-state index contributed by atoms with van der Waals surface area (Å²) in [5.74, 6) is 0.598. The lowest BCUT2D eigenvalue weighted by atomic mass is 10.1. The van der Waals surface area contributed by atoms with Crippen LogP contribution in [-0.2, 0) is 4.79 Å². The van der Waals surface area contributed by atoms with Crippen molar-refractivity contribution in [2.45, 2.75) is 11.7 Å². The second kappa shape index (κ2) is 4.03. The Bertz CT molecular complexity index is 544. The number of amides is 1. The van der Waals surface area contributed by atoms with E-state index in [4.69, 9.17) is 5.73 Å². The highest BCUT2D eigenvalue weighted by Gasteiger charge is 2.35. The van der Waals surface area contributed by atoms with Crippen molar-refractivity contribution in [2.75, 3.05) is 12.3 Å². The van der Waals surface area contributed by atoms with Crippen molar-refractivity contribution in [3.05, 3.63) is 32.8 Å². The third-order valence-electron chi connectivity index (χ3n) is 2.94. The van der Waals surface area contributed by atoms with E-state index in [0.717, 1.165) is 21.4 Å². The smallest absolute Gasteiger partial charge is 0.257 e. The first kappa shape index (κ1) is 11.1. The molecule has 3 rings (SSSR count). The number of pyridine rings is 1. The van der Waals surface area contributed by atoms with Gasteiger partial charge in [0.05, 0.1) is 4.91 Å². The van der Waals surface area contributed by atoms with Gasteiger partial charge in [-0.15, -0.1) is 11.8 Å². The van der Waals surface area contributed by atoms with E-state index < -0.39 is 0 Å². The summed E-state index contributed by atoms with van der Waals surface area (Å²) < 4.78 is 0.916. The topological polar surface area (TPSA) is 68.0 Å². The summed E-state index contributed by atoms with van der Waals surface area (Å²) in [6, 6.07) is 1.99. The number of rotatable bonds is 1. The number of carbonyl (C=O) groups is 1. The van der Waals surface area contributed by atoms with E-state index >= 15 is 0 Å². The molecule has 0 spiro atoms. The molecule has 3 N–H and O–H groups in total. The number of carbonyl (C=O) groups excluding carboxylic acids is 1. The third kappa shape index (κ3) is 1.85. The maximum atomic E-state index is 11.5. The number of nitrogens with two attached hydrogens (primary N) is 1. The van der Waals surface area contributed by atoms with Crippen LogP contribution in [0, 0.1) is 0 Å². The van der Waals surface area contributed by atoms with Crippen LogP contribution in [0.1, 0.15) is 17.2 Å². The number of anilines is 1. The van der Waals surface area contributed by atoms with E-state index in [0.29, 0.717) is 12.4 Å². The maximum Gasteiger partial charge on any atom is 0.257 e. The number of nitrogens with zero attached hydrogens (tertiary/aromatic N) is 1. The molecule has 1 unspecified atom stereocenters. The SMILES string of the molecule is Nc1ncc(Br)cc1C1CC2=C(S1)C(=O)NC2. The molecule has 1 aromatic rings. The Morgan fingerprint density at radius 3 is 3.18 bits per heavy atom. The first-order valence-corrected chi connectivity index (χ1v) is 6.90. The highest BCUT2D eigenvalue weighted by molar-refractivity contribution is 9.10. The summed E-state index contributed by atoms with van der Waals surface area (Å²) in [5, 5.41) is 3.05. The molecule has 1 aromatic heterocycles. The molecule has 0 radical (unpaired) electrons. The van der Waals surface area contributed by atoms with Crippen molar-refractivity contribution >= 4 is 39.4 Å². The van der Waals surface area contributed by atoms with E-state index in [1.54, 1.807) is 18.0 Å². The molecular weight excluding hydrogens is 302 g/mol. The molecule has 0 aromatic carbocycles. The highest BCUT2D eigenvalue weighted by atomic mass is 79.9. The average Bonchev–Trinajstić information content (AvgIpc) is 2.85. The number of hydrogen-bond donors (Lipinski definition) is 2. The first-order valence-electron chi connectivity index (χ1n) is 5.23. The largest absolute Gasteiger partial charge is 0.383 e. The van der Waals surface area contributed by atoms with Crippen LogP contribution in [-0.4, -0.2) is 17.4 Å². The van der Waals surface area contributed by atoms with Crippen LogP contribution in [0.5, 0.6) is 0 Å². The molecule has 88 valence electrons. The molecule has 3 heterocycles. The summed E-state index contributed by atoms with van der Waals surface area (Å²) in [5.41, 5.74) is 8.09. The van der Waals surface area contributed by atoms with Gasteiger partial charge in [0.25, 0.3) is 5.91 Å². The summed E-state index contributed by atoms with van der Waals surface area (Å²) in [4.78, 5) is 16.5. The Hall–Kier alpha value is -1.01. The molecule has 17 heavy (non-hydrogen) atoms. The molecular formula is C11H10BrN3OS. The number of aromatic nitrogens is 1. The molecule has 1 amide bonds. The van der Waals surface area contributed by atoms with Gasteiger partial charge in [-0.1, -0.05) is 0 Å². The van der Waals surface area contributed by atoms with Crippen LogP contribution in [0.2, 0.25) is 0 Å². The quantitative estimate of drug-likeness (QED) is 0.832. The highest BCUT2D eigenvalue weighted by Crippen LogP contribution is 2.50. The van der Waals surface area contributed by atoms with Gasteiger partial charge < -0.3 is 11.1 Å². The van der Waals surface area contributed by atoms with E-state index in [2.05, 4.69) is 26.2 Å². The van der Waals surface area contributed by atoms with Crippen molar-refractivity contribution in [3.8, 4) is 0 Å². The van der Waals surface area contributed by atoms with Gasteiger partial charge >= 0.3 is 0 Å². The lowest BCUT2D eigenvalue weighted by Crippen LogP contribution is -2.18. The number of hydrogen-bond acceptors (Lipinski definition) is 4. The van der Waals surface area contributed by atoms with Gasteiger partial charge in [0.1, 0.15) is 5.82 Å². The molecule has 0 saturated carbocycles. The molecule has 2 aliphatic rings. The van der Waals surface area contributed by atoms with E-state index in [1.165, 1.54) is 5.57 Å². The van der Waals surface area contributed by atoms with Crippen LogP contribution in [0.15, 0.2) is 27.2 Å². The van der Waals surface area contributed by atoms with Crippen molar-refractivity contribution in [1.82, 2.24) is 10.3 Å². The van der Waals surface area contributed by atoms with Gasteiger partial charge in [-0.3, -0.25) is 4.79 Å². The maximum absolute atomic E-state index is 11.5. The van der Waals surface area contributed by atoms with Crippen molar-refractivity contribution in [3.63, 3.8) is 0 Å². The Labute approximate surface area is 111 Å². The molecule has 0 saturated heterocycles. The van der Waals surface area contributed by atoms with Gasteiger partial charge in [-0.25, -0.2) is 4.98 Å². The Kier molecular flexibility index (Phi) is 2.63. The molecule has 0 fully saturated rings. The Morgan fingerprint density at radius 1 is 1.59 bits per heavy atom. The molecule has 6 heteroatoms. The average molecular weight is 312 g/mol. The minimum atomic E-state index is 0.0500.